The highest BCUT2D eigenvalue weighted by atomic mass is 35.5. The van der Waals surface area contributed by atoms with Crippen molar-refractivity contribution in [1.82, 2.24) is 10.9 Å². The van der Waals surface area contributed by atoms with E-state index in [0.717, 1.165) is 31.4 Å². The van der Waals surface area contributed by atoms with Crippen LogP contribution in [0, 0.1) is 0 Å². The Kier molecular flexibility index (Phi) is 5.01. The molecular weight excluding hydrogens is 278 g/mol. The highest BCUT2D eigenvalue weighted by Crippen LogP contribution is 2.15. The molecule has 20 heavy (non-hydrogen) atoms. The number of hydrazine groups is 1. The zero-order chi connectivity index (χ0) is 14.4. The lowest BCUT2D eigenvalue weighted by atomic mass is 10.1. The predicted molar refractivity (Wildman–Crippen MR) is 77.9 cm³/mol. The van der Waals surface area contributed by atoms with E-state index in [-0.39, 0.29) is 0 Å². The van der Waals surface area contributed by atoms with E-state index in [0.29, 0.717) is 10.7 Å². The second-order valence-electron chi connectivity index (χ2n) is 4.52. The first-order chi connectivity index (χ1) is 9.65. The van der Waals surface area contributed by atoms with E-state index in [4.69, 9.17) is 11.6 Å². The Balaban J connectivity index is 1.83. The number of allylic oxidation sites excluding steroid dienone is 2. The molecule has 2 rings (SSSR count). The molecule has 0 radical (unpaired) electrons. The van der Waals surface area contributed by atoms with Crippen molar-refractivity contribution in [1.29, 1.82) is 0 Å². The summed E-state index contributed by atoms with van der Waals surface area (Å²) >= 11 is 5.80. The number of halogens is 1. The van der Waals surface area contributed by atoms with Gasteiger partial charge < -0.3 is 10.7 Å². The Morgan fingerprint density at radius 1 is 1.15 bits per heavy atom. The number of benzene rings is 1. The third-order valence-corrected chi connectivity index (χ3v) is 3.15. The largest absolute Gasteiger partial charge is 0.327 e. The van der Waals surface area contributed by atoms with Crippen LogP contribution in [0.2, 0.25) is 5.02 Å². The molecule has 6 heteroatoms. The summed E-state index contributed by atoms with van der Waals surface area (Å²) in [4.78, 5) is 23.3. The monoisotopic (exact) mass is 293 g/mol. The zero-order valence-electron chi connectivity index (χ0n) is 10.9. The van der Waals surface area contributed by atoms with E-state index in [2.05, 4.69) is 16.2 Å². The van der Waals surface area contributed by atoms with Crippen LogP contribution in [0.25, 0.3) is 0 Å². The molecule has 1 aliphatic carbocycles. The van der Waals surface area contributed by atoms with Crippen LogP contribution < -0.4 is 16.2 Å². The second kappa shape index (κ2) is 6.96. The van der Waals surface area contributed by atoms with E-state index < -0.39 is 11.8 Å². The van der Waals surface area contributed by atoms with Crippen LogP contribution in [0.1, 0.15) is 25.7 Å². The molecule has 0 aliphatic heterocycles. The summed E-state index contributed by atoms with van der Waals surface area (Å²) in [7, 11) is 0. The molecule has 0 spiro atoms. The SMILES string of the molecule is O=C(NNC1=CCCCC1)C(=O)Nc1cccc(Cl)c1. The average molecular weight is 294 g/mol. The number of rotatable bonds is 3. The Morgan fingerprint density at radius 3 is 2.70 bits per heavy atom. The lowest BCUT2D eigenvalue weighted by Crippen LogP contribution is -2.43. The number of carbonyl (C=O) groups is 2. The summed E-state index contributed by atoms with van der Waals surface area (Å²) in [5, 5.41) is 2.97. The minimum absolute atomic E-state index is 0.481. The molecular formula is C14H16ClN3O2. The molecule has 1 aliphatic rings. The Bertz CT molecular complexity index is 543. The highest BCUT2D eigenvalue weighted by Gasteiger charge is 2.14. The molecule has 0 atom stereocenters. The van der Waals surface area contributed by atoms with Gasteiger partial charge in [0.15, 0.2) is 0 Å². The molecule has 3 N–H and O–H groups in total. The minimum Gasteiger partial charge on any atom is -0.318 e. The van der Waals surface area contributed by atoms with E-state index in [1.807, 2.05) is 6.08 Å². The predicted octanol–water partition coefficient (Wildman–Crippen LogP) is 2.36. The fourth-order valence-electron chi connectivity index (χ4n) is 1.90. The van der Waals surface area contributed by atoms with Gasteiger partial charge in [0.05, 0.1) is 0 Å². The maximum Gasteiger partial charge on any atom is 0.327 e. The maximum absolute atomic E-state index is 11.7. The van der Waals surface area contributed by atoms with Crippen molar-refractivity contribution in [2.24, 2.45) is 0 Å². The third kappa shape index (κ3) is 4.28. The smallest absolute Gasteiger partial charge is 0.318 e. The van der Waals surface area contributed by atoms with Crippen LogP contribution >= 0.6 is 11.6 Å². The van der Waals surface area contributed by atoms with E-state index in [1.54, 1.807) is 24.3 Å². The van der Waals surface area contributed by atoms with Gasteiger partial charge in [0.25, 0.3) is 0 Å². The molecule has 0 bridgehead atoms. The minimum atomic E-state index is -0.740. The van der Waals surface area contributed by atoms with Crippen molar-refractivity contribution in [3.05, 3.63) is 41.1 Å². The summed E-state index contributed by atoms with van der Waals surface area (Å²) < 4.78 is 0. The number of amides is 2. The van der Waals surface area contributed by atoms with Crippen molar-refractivity contribution >= 4 is 29.1 Å². The van der Waals surface area contributed by atoms with Crippen molar-refractivity contribution < 1.29 is 9.59 Å². The Morgan fingerprint density at radius 2 is 2.00 bits per heavy atom. The Labute approximate surface area is 122 Å². The van der Waals surface area contributed by atoms with Crippen molar-refractivity contribution in [2.75, 3.05) is 5.32 Å². The van der Waals surface area contributed by atoms with Gasteiger partial charge in [-0.05, 0) is 43.9 Å². The van der Waals surface area contributed by atoms with Gasteiger partial charge in [-0.25, -0.2) is 0 Å². The normalized spacial score (nSPS) is 14.2. The lowest BCUT2D eigenvalue weighted by molar-refractivity contribution is -0.136. The summed E-state index contributed by atoms with van der Waals surface area (Å²) in [5.41, 5.74) is 6.58. The quantitative estimate of drug-likeness (QED) is 0.592. The maximum atomic E-state index is 11.7. The first-order valence-electron chi connectivity index (χ1n) is 6.47. The third-order valence-electron chi connectivity index (χ3n) is 2.92. The number of hydrogen-bond acceptors (Lipinski definition) is 3. The van der Waals surface area contributed by atoms with Gasteiger partial charge in [-0.15, -0.1) is 0 Å². The molecule has 0 saturated heterocycles. The first kappa shape index (κ1) is 14.4. The molecule has 0 unspecified atom stereocenters. The number of anilines is 1. The van der Waals surface area contributed by atoms with Gasteiger partial charge >= 0.3 is 11.8 Å². The van der Waals surface area contributed by atoms with Crippen LogP contribution in [-0.2, 0) is 9.59 Å². The zero-order valence-corrected chi connectivity index (χ0v) is 11.7. The first-order valence-corrected chi connectivity index (χ1v) is 6.85. The molecule has 0 fully saturated rings. The molecule has 106 valence electrons. The van der Waals surface area contributed by atoms with Crippen LogP contribution in [0.3, 0.4) is 0 Å². The summed E-state index contributed by atoms with van der Waals surface area (Å²) in [6.45, 7) is 0. The van der Waals surface area contributed by atoms with Gasteiger partial charge in [-0.1, -0.05) is 23.7 Å². The van der Waals surface area contributed by atoms with Gasteiger partial charge in [-0.3, -0.25) is 15.0 Å². The van der Waals surface area contributed by atoms with Gasteiger partial charge in [0.1, 0.15) is 0 Å². The lowest BCUT2D eigenvalue weighted by Gasteiger charge is -2.15. The summed E-state index contributed by atoms with van der Waals surface area (Å²) in [5.74, 6) is -1.48. The standard InChI is InChI=1S/C14H16ClN3O2/c15-10-5-4-8-12(9-10)16-13(19)14(20)18-17-11-6-2-1-3-7-11/h4-6,8-9,17H,1-3,7H2,(H,16,19)(H,18,20). The fraction of sp³-hybridized carbons (Fsp3) is 0.286. The summed E-state index contributed by atoms with van der Waals surface area (Å²) in [6, 6.07) is 6.62. The van der Waals surface area contributed by atoms with Crippen LogP contribution in [-0.4, -0.2) is 11.8 Å². The van der Waals surface area contributed by atoms with Gasteiger partial charge in [0.2, 0.25) is 0 Å². The fourth-order valence-corrected chi connectivity index (χ4v) is 2.09. The molecule has 1 aromatic rings. The van der Waals surface area contributed by atoms with E-state index in [1.165, 1.54) is 0 Å². The van der Waals surface area contributed by atoms with Crippen molar-refractivity contribution in [3.8, 4) is 0 Å². The van der Waals surface area contributed by atoms with Crippen molar-refractivity contribution in [2.45, 2.75) is 25.7 Å². The van der Waals surface area contributed by atoms with Crippen LogP contribution in [0.4, 0.5) is 5.69 Å². The molecule has 0 saturated carbocycles. The summed E-state index contributed by atoms with van der Waals surface area (Å²) in [6.07, 6.45) is 6.15. The number of hydrogen-bond donors (Lipinski definition) is 3. The molecule has 5 nitrogen and oxygen atoms in total. The molecule has 1 aromatic carbocycles. The molecule has 0 aromatic heterocycles. The van der Waals surface area contributed by atoms with Gasteiger partial charge in [-0.2, -0.15) is 0 Å². The topological polar surface area (TPSA) is 70.2 Å². The van der Waals surface area contributed by atoms with Crippen LogP contribution in [0.15, 0.2) is 36.0 Å². The van der Waals surface area contributed by atoms with Crippen molar-refractivity contribution in [3.63, 3.8) is 0 Å². The second-order valence-corrected chi connectivity index (χ2v) is 4.96. The Hall–Kier alpha value is -2.01. The number of nitrogens with one attached hydrogen (secondary N) is 3. The average Bonchev–Trinajstić information content (AvgIpc) is 2.46. The molecule has 0 heterocycles. The molecule has 2 amide bonds. The van der Waals surface area contributed by atoms with Gasteiger partial charge in [0, 0.05) is 16.4 Å². The highest BCUT2D eigenvalue weighted by molar-refractivity contribution is 6.39. The van der Waals surface area contributed by atoms with E-state index in [9.17, 15) is 9.59 Å². The van der Waals surface area contributed by atoms with E-state index >= 15 is 0 Å². The van der Waals surface area contributed by atoms with Crippen LogP contribution in [0.5, 0.6) is 0 Å². The number of carbonyl (C=O) groups excluding carboxylic acids is 2.